The van der Waals surface area contributed by atoms with E-state index in [0.717, 1.165) is 0 Å². The standard InChI is InChI=1S/C7H4BrFN2/c8-5-2-1-4(3-10)6(9)7(5)11/h1-2H,11H2. The van der Waals surface area contributed by atoms with Gasteiger partial charge in [-0.3, -0.25) is 0 Å². The molecule has 0 amide bonds. The van der Waals surface area contributed by atoms with E-state index >= 15 is 0 Å². The second kappa shape index (κ2) is 2.89. The van der Waals surface area contributed by atoms with Crippen LogP contribution in [0, 0.1) is 17.1 Å². The third-order valence-corrected chi connectivity index (χ3v) is 1.94. The third-order valence-electron chi connectivity index (χ3n) is 1.25. The maximum absolute atomic E-state index is 12.9. The molecule has 0 aliphatic rings. The van der Waals surface area contributed by atoms with Gasteiger partial charge in [-0.2, -0.15) is 5.26 Å². The molecule has 0 heterocycles. The number of hydrogen-bond acceptors (Lipinski definition) is 2. The minimum atomic E-state index is -0.665. The summed E-state index contributed by atoms with van der Waals surface area (Å²) in [5.41, 5.74) is 5.22. The van der Waals surface area contributed by atoms with Gasteiger partial charge in [0.15, 0.2) is 5.82 Å². The second-order valence-corrected chi connectivity index (χ2v) is 2.79. The van der Waals surface area contributed by atoms with Crippen molar-refractivity contribution >= 4 is 21.6 Å². The summed E-state index contributed by atoms with van der Waals surface area (Å²) in [6.07, 6.45) is 0. The molecule has 0 unspecified atom stereocenters. The van der Waals surface area contributed by atoms with Crippen molar-refractivity contribution in [2.45, 2.75) is 0 Å². The Morgan fingerprint density at radius 3 is 2.73 bits per heavy atom. The lowest BCUT2D eigenvalue weighted by Gasteiger charge is -1.99. The number of nitriles is 1. The van der Waals surface area contributed by atoms with E-state index in [1.807, 2.05) is 0 Å². The molecule has 0 saturated heterocycles. The molecule has 0 bridgehead atoms. The van der Waals surface area contributed by atoms with Crippen LogP contribution < -0.4 is 5.73 Å². The average Bonchev–Trinajstić information content (AvgIpc) is 2.01. The van der Waals surface area contributed by atoms with Gasteiger partial charge in [-0.25, -0.2) is 4.39 Å². The second-order valence-electron chi connectivity index (χ2n) is 1.93. The highest BCUT2D eigenvalue weighted by molar-refractivity contribution is 9.10. The number of anilines is 1. The lowest BCUT2D eigenvalue weighted by Crippen LogP contribution is -1.94. The van der Waals surface area contributed by atoms with E-state index in [1.165, 1.54) is 12.1 Å². The minimum absolute atomic E-state index is 0.0240. The van der Waals surface area contributed by atoms with E-state index in [1.54, 1.807) is 6.07 Å². The minimum Gasteiger partial charge on any atom is -0.395 e. The van der Waals surface area contributed by atoms with Crippen LogP contribution in [0.2, 0.25) is 0 Å². The van der Waals surface area contributed by atoms with E-state index in [-0.39, 0.29) is 11.3 Å². The Labute approximate surface area is 71.6 Å². The van der Waals surface area contributed by atoms with E-state index in [2.05, 4.69) is 15.9 Å². The molecule has 1 aromatic carbocycles. The van der Waals surface area contributed by atoms with Crippen molar-refractivity contribution in [3.63, 3.8) is 0 Å². The Kier molecular flexibility index (Phi) is 2.11. The van der Waals surface area contributed by atoms with Gasteiger partial charge in [0.05, 0.1) is 11.3 Å². The molecule has 0 radical (unpaired) electrons. The van der Waals surface area contributed by atoms with Crippen LogP contribution in [0.4, 0.5) is 10.1 Å². The zero-order valence-corrected chi connectivity index (χ0v) is 7.02. The van der Waals surface area contributed by atoms with Crippen molar-refractivity contribution in [1.29, 1.82) is 5.26 Å². The van der Waals surface area contributed by atoms with Crippen LogP contribution in [-0.2, 0) is 0 Å². The number of nitrogens with zero attached hydrogens (tertiary/aromatic N) is 1. The van der Waals surface area contributed by atoms with Crippen LogP contribution in [0.25, 0.3) is 0 Å². The first kappa shape index (κ1) is 8.02. The first-order valence-corrected chi connectivity index (χ1v) is 3.59. The molecule has 2 nitrogen and oxygen atoms in total. The highest BCUT2D eigenvalue weighted by Gasteiger charge is 2.07. The van der Waals surface area contributed by atoms with Crippen LogP contribution in [0.15, 0.2) is 16.6 Å². The number of nitrogens with two attached hydrogens (primary N) is 1. The summed E-state index contributed by atoms with van der Waals surface area (Å²) in [5.74, 6) is -0.665. The van der Waals surface area contributed by atoms with Crippen LogP contribution in [0.3, 0.4) is 0 Å². The predicted octanol–water partition coefficient (Wildman–Crippen LogP) is 2.04. The summed E-state index contributed by atoms with van der Waals surface area (Å²) in [7, 11) is 0. The Bertz CT molecular complexity index is 330. The van der Waals surface area contributed by atoms with Gasteiger partial charge in [0, 0.05) is 4.47 Å². The van der Waals surface area contributed by atoms with Crippen molar-refractivity contribution < 1.29 is 4.39 Å². The molecule has 56 valence electrons. The van der Waals surface area contributed by atoms with Gasteiger partial charge >= 0.3 is 0 Å². The monoisotopic (exact) mass is 214 g/mol. The molecule has 0 atom stereocenters. The Morgan fingerprint density at radius 1 is 1.55 bits per heavy atom. The largest absolute Gasteiger partial charge is 0.395 e. The normalized spacial score (nSPS) is 9.18. The third kappa shape index (κ3) is 1.33. The molecule has 0 aromatic heterocycles. The van der Waals surface area contributed by atoms with Gasteiger partial charge in [-0.15, -0.1) is 0 Å². The number of benzene rings is 1. The Hall–Kier alpha value is -1.08. The van der Waals surface area contributed by atoms with Gasteiger partial charge in [-0.1, -0.05) is 0 Å². The van der Waals surface area contributed by atoms with Crippen molar-refractivity contribution in [2.75, 3.05) is 5.73 Å². The summed E-state index contributed by atoms with van der Waals surface area (Å²) in [5, 5.41) is 8.37. The van der Waals surface area contributed by atoms with Crippen LogP contribution in [0.5, 0.6) is 0 Å². The van der Waals surface area contributed by atoms with Crippen LogP contribution in [0.1, 0.15) is 5.56 Å². The van der Waals surface area contributed by atoms with Gasteiger partial charge in [0.25, 0.3) is 0 Å². The lowest BCUT2D eigenvalue weighted by atomic mass is 10.2. The number of hydrogen-bond donors (Lipinski definition) is 1. The predicted molar refractivity (Wildman–Crippen MR) is 43.2 cm³/mol. The van der Waals surface area contributed by atoms with Crippen LogP contribution >= 0.6 is 15.9 Å². The van der Waals surface area contributed by atoms with Gasteiger partial charge in [-0.05, 0) is 28.1 Å². The molecule has 4 heteroatoms. The zero-order chi connectivity index (χ0) is 8.43. The number of halogens is 2. The van der Waals surface area contributed by atoms with Gasteiger partial charge in [0.2, 0.25) is 0 Å². The van der Waals surface area contributed by atoms with Gasteiger partial charge in [0.1, 0.15) is 6.07 Å². The molecule has 2 N–H and O–H groups in total. The average molecular weight is 215 g/mol. The molecule has 1 rings (SSSR count). The maximum Gasteiger partial charge on any atom is 0.164 e. The zero-order valence-electron chi connectivity index (χ0n) is 5.44. The SMILES string of the molecule is N#Cc1ccc(Br)c(N)c1F. The number of rotatable bonds is 0. The summed E-state index contributed by atoms with van der Waals surface area (Å²) in [6.45, 7) is 0. The molecule has 0 saturated carbocycles. The smallest absolute Gasteiger partial charge is 0.164 e. The molecule has 0 fully saturated rings. The fourth-order valence-corrected chi connectivity index (χ4v) is 0.962. The Balaban J connectivity index is 3.40. The molecule has 11 heavy (non-hydrogen) atoms. The summed E-state index contributed by atoms with van der Waals surface area (Å²) < 4.78 is 13.4. The van der Waals surface area contributed by atoms with E-state index in [0.29, 0.717) is 4.47 Å². The lowest BCUT2D eigenvalue weighted by molar-refractivity contribution is 0.628. The first-order chi connectivity index (χ1) is 5.16. The fourth-order valence-electron chi connectivity index (χ4n) is 0.656. The highest BCUT2D eigenvalue weighted by Crippen LogP contribution is 2.24. The molecular weight excluding hydrogens is 211 g/mol. The molecular formula is C7H4BrFN2. The van der Waals surface area contributed by atoms with Crippen molar-refractivity contribution in [3.05, 3.63) is 28.0 Å². The maximum atomic E-state index is 12.9. The van der Waals surface area contributed by atoms with Crippen molar-refractivity contribution in [1.82, 2.24) is 0 Å². The van der Waals surface area contributed by atoms with E-state index in [4.69, 9.17) is 11.0 Å². The van der Waals surface area contributed by atoms with E-state index < -0.39 is 5.82 Å². The van der Waals surface area contributed by atoms with E-state index in [9.17, 15) is 4.39 Å². The fraction of sp³-hybridized carbons (Fsp3) is 0. The van der Waals surface area contributed by atoms with Crippen molar-refractivity contribution in [3.8, 4) is 6.07 Å². The van der Waals surface area contributed by atoms with Crippen LogP contribution in [-0.4, -0.2) is 0 Å². The molecule has 1 aromatic rings. The first-order valence-electron chi connectivity index (χ1n) is 2.80. The Morgan fingerprint density at radius 2 is 2.18 bits per heavy atom. The number of nitrogen functional groups attached to an aromatic ring is 1. The topological polar surface area (TPSA) is 49.8 Å². The van der Waals surface area contributed by atoms with Crippen molar-refractivity contribution in [2.24, 2.45) is 0 Å². The molecule has 0 aliphatic carbocycles. The summed E-state index contributed by atoms with van der Waals surface area (Å²) in [4.78, 5) is 0. The molecule has 0 spiro atoms. The quantitative estimate of drug-likeness (QED) is 0.673. The summed E-state index contributed by atoms with van der Waals surface area (Å²) >= 11 is 3.03. The highest BCUT2D eigenvalue weighted by atomic mass is 79.9. The summed E-state index contributed by atoms with van der Waals surface area (Å²) in [6, 6.07) is 4.60. The van der Waals surface area contributed by atoms with Gasteiger partial charge < -0.3 is 5.73 Å². The molecule has 0 aliphatic heterocycles.